The van der Waals surface area contributed by atoms with E-state index in [9.17, 15) is 23.3 Å². The first-order valence-corrected chi connectivity index (χ1v) is 3.74. The van der Waals surface area contributed by atoms with E-state index in [2.05, 4.69) is 4.98 Å². The van der Waals surface area contributed by atoms with E-state index in [0.29, 0.717) is 12.4 Å². The summed E-state index contributed by atoms with van der Waals surface area (Å²) in [5.41, 5.74) is -0.791. The molecule has 0 aliphatic heterocycles. The lowest BCUT2D eigenvalue weighted by atomic mass is 10.2. The van der Waals surface area contributed by atoms with E-state index >= 15 is 0 Å². The quantitative estimate of drug-likeness (QED) is 0.565. The van der Waals surface area contributed by atoms with E-state index in [1.54, 1.807) is 0 Å². The van der Waals surface area contributed by atoms with Gasteiger partial charge >= 0.3 is 6.18 Å². The standard InChI is InChI=1S/C8H5F3N2O2/c9-8(10,11)6-1-2-7(12-5-6)3-4-13(14)15/h1-5H/b4-3+. The van der Waals surface area contributed by atoms with Crippen LogP contribution in [0.5, 0.6) is 0 Å². The lowest BCUT2D eigenvalue weighted by molar-refractivity contribution is -0.401. The maximum atomic E-state index is 12.1. The number of hydrogen-bond donors (Lipinski definition) is 0. The van der Waals surface area contributed by atoms with Gasteiger partial charge in [-0.1, -0.05) is 0 Å². The van der Waals surface area contributed by atoms with Crippen molar-refractivity contribution in [3.63, 3.8) is 0 Å². The molecule has 0 saturated heterocycles. The zero-order valence-corrected chi connectivity index (χ0v) is 7.23. The average molecular weight is 218 g/mol. The van der Waals surface area contributed by atoms with Gasteiger partial charge in [0.25, 0.3) is 0 Å². The SMILES string of the molecule is O=[N+]([O-])/C=C/c1ccc(C(F)(F)F)cn1. The third-order valence-electron chi connectivity index (χ3n) is 1.48. The van der Waals surface area contributed by atoms with Crippen LogP contribution in [0.4, 0.5) is 13.2 Å². The van der Waals surface area contributed by atoms with Crippen LogP contribution in [-0.2, 0) is 6.18 Å². The van der Waals surface area contributed by atoms with E-state index in [0.717, 1.165) is 18.2 Å². The molecule has 0 spiro atoms. The molecule has 1 aromatic rings. The predicted molar refractivity (Wildman–Crippen MR) is 45.3 cm³/mol. The van der Waals surface area contributed by atoms with E-state index in [1.807, 2.05) is 0 Å². The minimum absolute atomic E-state index is 0.0969. The van der Waals surface area contributed by atoms with Crippen LogP contribution in [-0.4, -0.2) is 9.91 Å². The normalized spacial score (nSPS) is 11.9. The molecule has 0 unspecified atom stereocenters. The fraction of sp³-hybridized carbons (Fsp3) is 0.125. The minimum Gasteiger partial charge on any atom is -0.259 e. The average Bonchev–Trinajstić information content (AvgIpc) is 2.14. The van der Waals surface area contributed by atoms with Crippen molar-refractivity contribution in [1.29, 1.82) is 0 Å². The molecular weight excluding hydrogens is 213 g/mol. The van der Waals surface area contributed by atoms with Gasteiger partial charge in [0.05, 0.1) is 16.2 Å². The van der Waals surface area contributed by atoms with E-state index in [-0.39, 0.29) is 5.69 Å². The summed E-state index contributed by atoms with van der Waals surface area (Å²) in [6, 6.07) is 1.87. The van der Waals surface area contributed by atoms with Crippen LogP contribution >= 0.6 is 0 Å². The smallest absolute Gasteiger partial charge is 0.259 e. The Kier molecular flexibility index (Phi) is 3.03. The first-order chi connectivity index (χ1) is 6.89. The van der Waals surface area contributed by atoms with Gasteiger partial charge in [0.15, 0.2) is 0 Å². The van der Waals surface area contributed by atoms with Crippen LogP contribution in [0.3, 0.4) is 0 Å². The molecule has 4 nitrogen and oxygen atoms in total. The zero-order valence-electron chi connectivity index (χ0n) is 7.23. The minimum atomic E-state index is -4.45. The lowest BCUT2D eigenvalue weighted by Gasteiger charge is -2.04. The molecule has 0 aliphatic rings. The van der Waals surface area contributed by atoms with E-state index in [1.165, 1.54) is 0 Å². The van der Waals surface area contributed by atoms with Gasteiger partial charge < -0.3 is 0 Å². The summed E-state index contributed by atoms with van der Waals surface area (Å²) in [6.45, 7) is 0. The number of alkyl halides is 3. The summed E-state index contributed by atoms with van der Waals surface area (Å²) in [5.74, 6) is 0. The van der Waals surface area contributed by atoms with Crippen molar-refractivity contribution < 1.29 is 18.1 Å². The Morgan fingerprint density at radius 2 is 2.07 bits per heavy atom. The van der Waals surface area contributed by atoms with Crippen LogP contribution < -0.4 is 0 Å². The van der Waals surface area contributed by atoms with Crippen molar-refractivity contribution in [3.8, 4) is 0 Å². The Hall–Kier alpha value is -1.92. The monoisotopic (exact) mass is 218 g/mol. The highest BCUT2D eigenvalue weighted by Gasteiger charge is 2.30. The molecule has 80 valence electrons. The molecule has 7 heteroatoms. The molecule has 0 radical (unpaired) electrons. The fourth-order valence-corrected chi connectivity index (χ4v) is 0.809. The van der Waals surface area contributed by atoms with Crippen molar-refractivity contribution in [1.82, 2.24) is 4.98 Å². The highest BCUT2D eigenvalue weighted by Crippen LogP contribution is 2.28. The molecule has 1 rings (SSSR count). The van der Waals surface area contributed by atoms with Gasteiger partial charge in [0.2, 0.25) is 6.20 Å². The van der Waals surface area contributed by atoms with Crippen LogP contribution in [0.2, 0.25) is 0 Å². The second-order valence-electron chi connectivity index (χ2n) is 2.57. The zero-order chi connectivity index (χ0) is 11.5. The third kappa shape index (κ3) is 3.37. The number of nitro groups is 1. The molecular formula is C8H5F3N2O2. The number of rotatable bonds is 2. The topological polar surface area (TPSA) is 56.0 Å². The van der Waals surface area contributed by atoms with Crippen LogP contribution in [0.25, 0.3) is 6.08 Å². The Bertz CT molecular complexity index is 384. The van der Waals surface area contributed by atoms with E-state index in [4.69, 9.17) is 0 Å². The molecule has 0 atom stereocenters. The molecule has 0 saturated carbocycles. The molecule has 1 heterocycles. The summed E-state index contributed by atoms with van der Waals surface area (Å²) < 4.78 is 36.2. The molecule has 0 bridgehead atoms. The van der Waals surface area contributed by atoms with Gasteiger partial charge in [-0.05, 0) is 12.1 Å². The van der Waals surface area contributed by atoms with Crippen LogP contribution in [0.1, 0.15) is 11.3 Å². The van der Waals surface area contributed by atoms with Gasteiger partial charge in [-0.3, -0.25) is 15.1 Å². The number of nitrogens with zero attached hydrogens (tertiary/aromatic N) is 2. The van der Waals surface area contributed by atoms with Gasteiger partial charge in [0, 0.05) is 12.3 Å². The first kappa shape index (κ1) is 11.2. The Labute approximate surface area is 82.2 Å². The van der Waals surface area contributed by atoms with Crippen LogP contribution in [0.15, 0.2) is 24.5 Å². The maximum Gasteiger partial charge on any atom is 0.417 e. The van der Waals surface area contributed by atoms with Crippen molar-refractivity contribution in [2.45, 2.75) is 6.18 Å². The summed E-state index contributed by atoms with van der Waals surface area (Å²) in [6.07, 6.45) is -2.20. The number of hydrogen-bond acceptors (Lipinski definition) is 3. The molecule has 15 heavy (non-hydrogen) atoms. The predicted octanol–water partition coefficient (Wildman–Crippen LogP) is 2.35. The molecule has 0 aromatic carbocycles. The number of aromatic nitrogens is 1. The van der Waals surface area contributed by atoms with E-state index < -0.39 is 16.7 Å². The Balaban J connectivity index is 2.86. The van der Waals surface area contributed by atoms with Crippen molar-refractivity contribution in [2.24, 2.45) is 0 Å². The second-order valence-corrected chi connectivity index (χ2v) is 2.57. The Morgan fingerprint density at radius 3 is 2.47 bits per heavy atom. The molecule has 0 aliphatic carbocycles. The molecule has 1 aromatic heterocycles. The summed E-state index contributed by atoms with van der Waals surface area (Å²) >= 11 is 0. The summed E-state index contributed by atoms with van der Waals surface area (Å²) in [7, 11) is 0. The highest BCUT2D eigenvalue weighted by atomic mass is 19.4. The largest absolute Gasteiger partial charge is 0.417 e. The second kappa shape index (κ2) is 4.07. The van der Waals surface area contributed by atoms with Gasteiger partial charge in [-0.25, -0.2) is 0 Å². The fourth-order valence-electron chi connectivity index (χ4n) is 0.809. The molecule has 0 amide bonds. The number of halogens is 3. The first-order valence-electron chi connectivity index (χ1n) is 3.74. The summed E-state index contributed by atoms with van der Waals surface area (Å²) in [4.78, 5) is 12.6. The van der Waals surface area contributed by atoms with Crippen molar-refractivity contribution in [2.75, 3.05) is 0 Å². The molecule has 0 N–H and O–H groups in total. The molecule has 0 fully saturated rings. The lowest BCUT2D eigenvalue weighted by Crippen LogP contribution is -2.05. The highest BCUT2D eigenvalue weighted by molar-refractivity contribution is 5.43. The summed E-state index contributed by atoms with van der Waals surface area (Å²) in [5, 5.41) is 9.91. The van der Waals surface area contributed by atoms with Crippen LogP contribution in [0, 0.1) is 10.1 Å². The van der Waals surface area contributed by atoms with Crippen molar-refractivity contribution >= 4 is 6.08 Å². The number of pyridine rings is 1. The maximum absolute atomic E-state index is 12.1. The van der Waals surface area contributed by atoms with Gasteiger partial charge in [0.1, 0.15) is 0 Å². The Morgan fingerprint density at radius 1 is 1.40 bits per heavy atom. The van der Waals surface area contributed by atoms with Crippen molar-refractivity contribution in [3.05, 3.63) is 45.9 Å². The third-order valence-corrected chi connectivity index (χ3v) is 1.48. The van der Waals surface area contributed by atoms with Gasteiger partial charge in [-0.15, -0.1) is 0 Å². The van der Waals surface area contributed by atoms with Gasteiger partial charge in [-0.2, -0.15) is 13.2 Å².